The van der Waals surface area contributed by atoms with Crippen molar-refractivity contribution in [2.24, 2.45) is 0 Å². The average molecular weight is 595 g/mol. The Kier molecular flexibility index (Phi) is 10.3. The van der Waals surface area contributed by atoms with Crippen molar-refractivity contribution in [3.8, 4) is 0 Å². The molecule has 9 nitrogen and oxygen atoms in total. The molecule has 0 bridgehead atoms. The molecule has 2 heterocycles. The summed E-state index contributed by atoms with van der Waals surface area (Å²) in [5, 5.41) is 9.59. The molecule has 4 rings (SSSR count). The summed E-state index contributed by atoms with van der Waals surface area (Å²) >= 11 is 0. The normalized spacial score (nSPS) is 16.0. The number of aromatic nitrogens is 2. The van der Waals surface area contributed by atoms with Crippen molar-refractivity contribution in [3.05, 3.63) is 83.2 Å². The van der Waals surface area contributed by atoms with E-state index in [4.69, 9.17) is 0 Å². The van der Waals surface area contributed by atoms with Gasteiger partial charge in [-0.15, -0.1) is 0 Å². The Labute approximate surface area is 251 Å². The number of piperazine rings is 1. The van der Waals surface area contributed by atoms with E-state index in [0.717, 1.165) is 13.1 Å². The molecule has 1 aliphatic heterocycles. The fourth-order valence-electron chi connectivity index (χ4n) is 5.21. The van der Waals surface area contributed by atoms with Gasteiger partial charge in [0.2, 0.25) is 11.8 Å². The largest absolute Gasteiger partial charge is 0.340 e. The predicted octanol–water partition coefficient (Wildman–Crippen LogP) is 4.55. The minimum Gasteiger partial charge on any atom is -0.340 e. The van der Waals surface area contributed by atoms with Crippen molar-refractivity contribution in [3.63, 3.8) is 0 Å². The second kappa shape index (κ2) is 13.9. The zero-order valence-corrected chi connectivity index (χ0v) is 25.3. The van der Waals surface area contributed by atoms with E-state index in [-0.39, 0.29) is 35.7 Å². The summed E-state index contributed by atoms with van der Waals surface area (Å²) in [5.74, 6) is -3.00. The SMILES string of the molecule is CC(C)n1nccc1C(=O)N[C@H](C(=O)Nc1ccc([C@H](C)CC(=O)N2CCN(C)CC2)cc1F)[C@@H](C)c1ccc(F)cc1. The van der Waals surface area contributed by atoms with Crippen LogP contribution >= 0.6 is 0 Å². The lowest BCUT2D eigenvalue weighted by Gasteiger charge is -2.33. The molecule has 0 radical (unpaired) electrons. The van der Waals surface area contributed by atoms with Gasteiger partial charge in [-0.05, 0) is 68.3 Å². The lowest BCUT2D eigenvalue weighted by atomic mass is 9.92. The quantitative estimate of drug-likeness (QED) is 0.359. The van der Waals surface area contributed by atoms with Crippen molar-refractivity contribution in [1.29, 1.82) is 0 Å². The van der Waals surface area contributed by atoms with Gasteiger partial charge in [-0.25, -0.2) is 8.78 Å². The zero-order valence-electron chi connectivity index (χ0n) is 25.3. The fraction of sp³-hybridized carbons (Fsp3) is 0.438. The molecule has 1 aliphatic rings. The number of likely N-dealkylation sites (N-methyl/N-ethyl adjacent to an activating group) is 1. The van der Waals surface area contributed by atoms with Crippen molar-refractivity contribution in [2.45, 2.75) is 58.0 Å². The molecular formula is C32H40F2N6O3. The van der Waals surface area contributed by atoms with Crippen LogP contribution in [0.25, 0.3) is 0 Å². The standard InChI is InChI=1S/C32H40F2N6O3/c1-20(2)40-28(12-13-35-40)31(42)37-30(22(4)23-6-9-25(33)10-7-23)32(43)36-27-11-8-24(19-26(27)34)21(3)18-29(41)39-16-14-38(5)15-17-39/h6-13,19-22,30H,14-18H2,1-5H3,(H,36,43)(H,37,42)/t21-,22+,30+/m1/s1. The van der Waals surface area contributed by atoms with E-state index >= 15 is 4.39 Å². The molecule has 0 aliphatic carbocycles. The third-order valence-corrected chi connectivity index (χ3v) is 8.01. The number of carbonyl (C=O) groups excluding carboxylic acids is 3. The molecule has 2 aromatic carbocycles. The van der Waals surface area contributed by atoms with Crippen molar-refractivity contribution < 1.29 is 23.2 Å². The lowest BCUT2D eigenvalue weighted by Crippen LogP contribution is -2.47. The Bertz CT molecular complexity index is 1430. The van der Waals surface area contributed by atoms with Gasteiger partial charge in [-0.2, -0.15) is 5.10 Å². The second-order valence-electron chi connectivity index (χ2n) is 11.6. The van der Waals surface area contributed by atoms with Crippen LogP contribution in [0, 0.1) is 11.6 Å². The van der Waals surface area contributed by atoms with Gasteiger partial charge in [0.05, 0.1) is 5.69 Å². The summed E-state index contributed by atoms with van der Waals surface area (Å²) in [5.41, 5.74) is 1.48. The van der Waals surface area contributed by atoms with E-state index < -0.39 is 35.4 Å². The first-order chi connectivity index (χ1) is 20.4. The van der Waals surface area contributed by atoms with Gasteiger partial charge < -0.3 is 20.4 Å². The maximum absolute atomic E-state index is 15.3. The first kappa shape index (κ1) is 31.8. The third kappa shape index (κ3) is 7.84. The molecule has 1 aromatic heterocycles. The fourth-order valence-corrected chi connectivity index (χ4v) is 5.21. The maximum atomic E-state index is 15.3. The molecule has 1 saturated heterocycles. The van der Waals surface area contributed by atoms with Crippen LogP contribution in [0.15, 0.2) is 54.7 Å². The molecule has 3 amide bonds. The monoisotopic (exact) mass is 594 g/mol. The Morgan fingerprint density at radius 3 is 2.19 bits per heavy atom. The number of nitrogens with zero attached hydrogens (tertiary/aromatic N) is 4. The van der Waals surface area contributed by atoms with Crippen LogP contribution in [0.4, 0.5) is 14.5 Å². The van der Waals surface area contributed by atoms with Crippen molar-refractivity contribution >= 4 is 23.4 Å². The Hall–Kier alpha value is -4.12. The summed E-state index contributed by atoms with van der Waals surface area (Å²) in [6.07, 6.45) is 1.76. The smallest absolute Gasteiger partial charge is 0.270 e. The topological polar surface area (TPSA) is 99.6 Å². The minimum atomic E-state index is -1.12. The molecule has 230 valence electrons. The molecule has 2 N–H and O–H groups in total. The summed E-state index contributed by atoms with van der Waals surface area (Å²) in [6.45, 7) is 10.4. The van der Waals surface area contributed by atoms with Crippen LogP contribution in [0.2, 0.25) is 0 Å². The van der Waals surface area contributed by atoms with E-state index in [2.05, 4.69) is 20.6 Å². The third-order valence-electron chi connectivity index (χ3n) is 8.01. The van der Waals surface area contributed by atoms with Crippen molar-refractivity contribution in [2.75, 3.05) is 38.5 Å². The van der Waals surface area contributed by atoms with Gasteiger partial charge in [0.1, 0.15) is 23.4 Å². The van der Waals surface area contributed by atoms with Crippen LogP contribution in [0.1, 0.15) is 73.6 Å². The molecule has 11 heteroatoms. The summed E-state index contributed by atoms with van der Waals surface area (Å²) in [4.78, 5) is 43.7. The van der Waals surface area contributed by atoms with Crippen molar-refractivity contribution in [1.82, 2.24) is 24.9 Å². The maximum Gasteiger partial charge on any atom is 0.270 e. The summed E-state index contributed by atoms with van der Waals surface area (Å²) in [7, 11) is 2.02. The zero-order chi connectivity index (χ0) is 31.3. The average Bonchev–Trinajstić information content (AvgIpc) is 3.48. The highest BCUT2D eigenvalue weighted by Gasteiger charge is 2.30. The first-order valence-electron chi connectivity index (χ1n) is 14.6. The molecule has 0 spiro atoms. The van der Waals surface area contributed by atoms with Crippen LogP contribution in [0.5, 0.6) is 0 Å². The van der Waals surface area contributed by atoms with E-state index in [1.54, 1.807) is 35.9 Å². The summed E-state index contributed by atoms with van der Waals surface area (Å²) < 4.78 is 30.5. The number of carbonyl (C=O) groups is 3. The van der Waals surface area contributed by atoms with Gasteiger partial charge in [0.25, 0.3) is 5.91 Å². The molecule has 3 atom stereocenters. The number of rotatable bonds is 10. The van der Waals surface area contributed by atoms with E-state index in [0.29, 0.717) is 24.2 Å². The number of amides is 3. The van der Waals surface area contributed by atoms with Crippen LogP contribution < -0.4 is 10.6 Å². The first-order valence-corrected chi connectivity index (χ1v) is 14.6. The number of halogens is 2. The van der Waals surface area contributed by atoms with E-state index in [1.807, 2.05) is 32.7 Å². The van der Waals surface area contributed by atoms with E-state index in [1.165, 1.54) is 30.5 Å². The molecule has 1 fully saturated rings. The molecular weight excluding hydrogens is 554 g/mol. The number of anilines is 1. The Morgan fingerprint density at radius 2 is 1.56 bits per heavy atom. The van der Waals surface area contributed by atoms with Gasteiger partial charge in [-0.1, -0.05) is 32.0 Å². The van der Waals surface area contributed by atoms with E-state index in [9.17, 15) is 18.8 Å². The molecule has 0 saturated carbocycles. The molecule has 43 heavy (non-hydrogen) atoms. The van der Waals surface area contributed by atoms with Gasteiger partial charge >= 0.3 is 0 Å². The predicted molar refractivity (Wildman–Crippen MR) is 161 cm³/mol. The lowest BCUT2D eigenvalue weighted by molar-refractivity contribution is -0.133. The number of hydrogen-bond acceptors (Lipinski definition) is 5. The highest BCUT2D eigenvalue weighted by molar-refractivity contribution is 6.01. The Balaban J connectivity index is 1.50. The van der Waals surface area contributed by atoms with Gasteiger partial charge in [-0.3, -0.25) is 19.1 Å². The number of benzene rings is 2. The minimum absolute atomic E-state index is 0.0329. The van der Waals surface area contributed by atoms with Crippen LogP contribution in [0.3, 0.4) is 0 Å². The number of hydrogen-bond donors (Lipinski definition) is 2. The van der Waals surface area contributed by atoms with Gasteiger partial charge in [0.15, 0.2) is 0 Å². The molecule has 0 unspecified atom stereocenters. The second-order valence-corrected chi connectivity index (χ2v) is 11.6. The Morgan fingerprint density at radius 1 is 0.907 bits per heavy atom. The van der Waals surface area contributed by atoms with Gasteiger partial charge in [0, 0.05) is 50.8 Å². The summed E-state index contributed by atoms with van der Waals surface area (Å²) in [6, 6.07) is 10.5. The highest BCUT2D eigenvalue weighted by Crippen LogP contribution is 2.27. The van der Waals surface area contributed by atoms with Crippen LogP contribution in [-0.2, 0) is 9.59 Å². The van der Waals surface area contributed by atoms with Crippen LogP contribution in [-0.4, -0.2) is 76.6 Å². The highest BCUT2D eigenvalue weighted by atomic mass is 19.1. The number of nitrogens with one attached hydrogen (secondary N) is 2. The molecule has 3 aromatic rings.